The lowest BCUT2D eigenvalue weighted by Crippen LogP contribution is -2.33. The lowest BCUT2D eigenvalue weighted by Gasteiger charge is -2.17. The summed E-state index contributed by atoms with van der Waals surface area (Å²) in [6, 6.07) is 6.95. The maximum absolute atomic E-state index is 12.1. The van der Waals surface area contributed by atoms with Crippen LogP contribution in [-0.2, 0) is 4.79 Å². The molecule has 0 radical (unpaired) electrons. The Kier molecular flexibility index (Phi) is 5.84. The van der Waals surface area contributed by atoms with Crippen LogP contribution in [0.15, 0.2) is 24.3 Å². The van der Waals surface area contributed by atoms with Crippen LogP contribution in [-0.4, -0.2) is 41.7 Å². The van der Waals surface area contributed by atoms with Gasteiger partial charge in [0.15, 0.2) is 0 Å². The Morgan fingerprint density at radius 1 is 1.35 bits per heavy atom. The van der Waals surface area contributed by atoms with Crippen LogP contribution in [0.5, 0.6) is 5.75 Å². The summed E-state index contributed by atoms with van der Waals surface area (Å²) in [4.78, 5) is 24.6. The molecule has 2 rings (SSSR count). The van der Waals surface area contributed by atoms with E-state index in [4.69, 9.17) is 9.84 Å². The van der Waals surface area contributed by atoms with Crippen LogP contribution < -0.4 is 10.1 Å². The molecule has 1 heterocycles. The van der Waals surface area contributed by atoms with Crippen molar-refractivity contribution < 1.29 is 19.4 Å². The Bertz CT molecular complexity index is 542. The number of carbonyl (C=O) groups excluding carboxylic acids is 1. The Balaban J connectivity index is 1.81. The van der Waals surface area contributed by atoms with Crippen molar-refractivity contribution >= 4 is 17.7 Å². The Hall–Kier alpha value is -2.24. The largest absolute Gasteiger partial charge is 0.494 e. The van der Waals surface area contributed by atoms with Gasteiger partial charge in [0.25, 0.3) is 0 Å². The van der Waals surface area contributed by atoms with Gasteiger partial charge in [-0.1, -0.05) is 13.8 Å². The highest BCUT2D eigenvalue weighted by molar-refractivity contribution is 5.90. The molecular formula is C17H24N2O4. The van der Waals surface area contributed by atoms with Gasteiger partial charge >= 0.3 is 12.0 Å². The zero-order valence-electron chi connectivity index (χ0n) is 13.6. The van der Waals surface area contributed by atoms with Crippen LogP contribution in [0, 0.1) is 11.8 Å². The first kappa shape index (κ1) is 17.1. The maximum atomic E-state index is 12.1. The molecule has 1 aliphatic heterocycles. The average molecular weight is 320 g/mol. The third-order valence-corrected chi connectivity index (χ3v) is 3.89. The number of amides is 2. The third kappa shape index (κ3) is 5.16. The zero-order valence-corrected chi connectivity index (χ0v) is 13.6. The van der Waals surface area contributed by atoms with Gasteiger partial charge < -0.3 is 20.1 Å². The average Bonchev–Trinajstić information content (AvgIpc) is 2.99. The van der Waals surface area contributed by atoms with Gasteiger partial charge in [0.2, 0.25) is 0 Å². The number of benzene rings is 1. The fraction of sp³-hybridized carbons (Fsp3) is 0.529. The Morgan fingerprint density at radius 3 is 2.61 bits per heavy atom. The topological polar surface area (TPSA) is 78.9 Å². The molecule has 1 aliphatic rings. The van der Waals surface area contributed by atoms with E-state index in [2.05, 4.69) is 19.2 Å². The minimum absolute atomic E-state index is 0.261. The van der Waals surface area contributed by atoms with Crippen LogP contribution in [0.2, 0.25) is 0 Å². The normalized spacial score (nSPS) is 17.3. The van der Waals surface area contributed by atoms with Gasteiger partial charge in [-0.25, -0.2) is 4.79 Å². The van der Waals surface area contributed by atoms with Gasteiger partial charge in [-0.05, 0) is 43.0 Å². The van der Waals surface area contributed by atoms with E-state index >= 15 is 0 Å². The first-order chi connectivity index (χ1) is 11.0. The van der Waals surface area contributed by atoms with Gasteiger partial charge in [-0.15, -0.1) is 0 Å². The molecule has 6 nitrogen and oxygen atoms in total. The van der Waals surface area contributed by atoms with E-state index in [9.17, 15) is 9.59 Å². The summed E-state index contributed by atoms with van der Waals surface area (Å²) in [7, 11) is 0. The van der Waals surface area contributed by atoms with E-state index in [1.807, 2.05) is 12.1 Å². The van der Waals surface area contributed by atoms with Crippen molar-refractivity contribution in [3.05, 3.63) is 24.3 Å². The second-order valence-electron chi connectivity index (χ2n) is 6.26. The molecule has 126 valence electrons. The van der Waals surface area contributed by atoms with E-state index in [1.54, 1.807) is 12.1 Å². The number of hydrogen-bond acceptors (Lipinski definition) is 3. The summed E-state index contributed by atoms with van der Waals surface area (Å²) >= 11 is 0. The summed E-state index contributed by atoms with van der Waals surface area (Å²) in [5, 5.41) is 11.7. The standard InChI is InChI=1S/C17H24N2O4/c1-12(2)8-10-23-15-5-3-14(4-6-15)18-17(22)19-9-7-13(11-19)16(20)21/h3-6,12-13H,7-11H2,1-2H3,(H,18,22)(H,20,21). The van der Waals surface area contributed by atoms with Crippen molar-refractivity contribution in [1.82, 2.24) is 4.90 Å². The summed E-state index contributed by atoms with van der Waals surface area (Å²) in [5.74, 6) is 0.0695. The van der Waals surface area contributed by atoms with Gasteiger partial charge in [-0.3, -0.25) is 4.79 Å². The molecule has 1 fully saturated rings. The number of rotatable bonds is 6. The molecular weight excluding hydrogens is 296 g/mol. The molecule has 2 amide bonds. The number of carboxylic acids is 1. The number of likely N-dealkylation sites (tertiary alicyclic amines) is 1. The van der Waals surface area contributed by atoms with Crippen molar-refractivity contribution in [2.45, 2.75) is 26.7 Å². The number of nitrogens with one attached hydrogen (secondary N) is 1. The third-order valence-electron chi connectivity index (χ3n) is 3.89. The molecule has 0 saturated carbocycles. The van der Waals surface area contributed by atoms with Crippen molar-refractivity contribution in [3.8, 4) is 5.75 Å². The molecule has 6 heteroatoms. The predicted octanol–water partition coefficient (Wildman–Crippen LogP) is 3.05. The number of carboxylic acid groups (broad SMARTS) is 1. The van der Waals surface area contributed by atoms with Crippen molar-refractivity contribution in [1.29, 1.82) is 0 Å². The molecule has 1 unspecified atom stereocenters. The SMILES string of the molecule is CC(C)CCOc1ccc(NC(=O)N2CCC(C(=O)O)C2)cc1. The number of carbonyl (C=O) groups is 2. The van der Waals surface area contributed by atoms with Crippen LogP contribution in [0.1, 0.15) is 26.7 Å². The summed E-state index contributed by atoms with van der Waals surface area (Å²) in [5.41, 5.74) is 0.671. The fourth-order valence-corrected chi connectivity index (χ4v) is 2.40. The first-order valence-corrected chi connectivity index (χ1v) is 7.97. The zero-order chi connectivity index (χ0) is 16.8. The smallest absolute Gasteiger partial charge is 0.321 e. The quantitative estimate of drug-likeness (QED) is 0.844. The fourth-order valence-electron chi connectivity index (χ4n) is 2.40. The first-order valence-electron chi connectivity index (χ1n) is 7.97. The van der Waals surface area contributed by atoms with E-state index in [-0.39, 0.29) is 12.6 Å². The van der Waals surface area contributed by atoms with E-state index in [0.717, 1.165) is 12.2 Å². The predicted molar refractivity (Wildman–Crippen MR) is 87.7 cm³/mol. The van der Waals surface area contributed by atoms with Crippen molar-refractivity contribution in [3.63, 3.8) is 0 Å². The maximum Gasteiger partial charge on any atom is 0.321 e. The Labute approximate surface area is 136 Å². The number of urea groups is 1. The highest BCUT2D eigenvalue weighted by Gasteiger charge is 2.30. The molecule has 1 atom stereocenters. The second-order valence-corrected chi connectivity index (χ2v) is 6.26. The van der Waals surface area contributed by atoms with Gasteiger partial charge in [-0.2, -0.15) is 0 Å². The Morgan fingerprint density at radius 2 is 2.04 bits per heavy atom. The number of hydrogen-bond donors (Lipinski definition) is 2. The summed E-state index contributed by atoms with van der Waals surface area (Å²) in [6.07, 6.45) is 1.50. The van der Waals surface area contributed by atoms with E-state index in [0.29, 0.717) is 31.2 Å². The lowest BCUT2D eigenvalue weighted by molar-refractivity contribution is -0.141. The number of ether oxygens (including phenoxy) is 1. The van der Waals surface area contributed by atoms with E-state index < -0.39 is 11.9 Å². The molecule has 2 N–H and O–H groups in total. The molecule has 1 aromatic rings. The number of nitrogens with zero attached hydrogens (tertiary/aromatic N) is 1. The van der Waals surface area contributed by atoms with Crippen LogP contribution in [0.4, 0.5) is 10.5 Å². The van der Waals surface area contributed by atoms with Gasteiger partial charge in [0, 0.05) is 18.8 Å². The molecule has 0 bridgehead atoms. The molecule has 1 saturated heterocycles. The van der Waals surface area contributed by atoms with Crippen LogP contribution >= 0.6 is 0 Å². The summed E-state index contributed by atoms with van der Waals surface area (Å²) < 4.78 is 5.63. The molecule has 0 spiro atoms. The summed E-state index contributed by atoms with van der Waals surface area (Å²) in [6.45, 7) is 5.70. The van der Waals surface area contributed by atoms with Crippen LogP contribution in [0.3, 0.4) is 0 Å². The van der Waals surface area contributed by atoms with Gasteiger partial charge in [0.1, 0.15) is 5.75 Å². The second kappa shape index (κ2) is 7.85. The van der Waals surface area contributed by atoms with Crippen LogP contribution in [0.25, 0.3) is 0 Å². The minimum Gasteiger partial charge on any atom is -0.494 e. The highest BCUT2D eigenvalue weighted by Crippen LogP contribution is 2.20. The molecule has 0 aromatic heterocycles. The van der Waals surface area contributed by atoms with E-state index in [1.165, 1.54) is 4.90 Å². The lowest BCUT2D eigenvalue weighted by atomic mass is 10.1. The van der Waals surface area contributed by atoms with Crippen molar-refractivity contribution in [2.75, 3.05) is 25.0 Å². The molecule has 1 aromatic carbocycles. The highest BCUT2D eigenvalue weighted by atomic mass is 16.5. The monoisotopic (exact) mass is 320 g/mol. The number of aliphatic carboxylic acids is 1. The minimum atomic E-state index is -0.844. The van der Waals surface area contributed by atoms with Crippen molar-refractivity contribution in [2.24, 2.45) is 11.8 Å². The van der Waals surface area contributed by atoms with Gasteiger partial charge in [0.05, 0.1) is 12.5 Å². The molecule has 23 heavy (non-hydrogen) atoms. The number of anilines is 1. The molecule has 0 aliphatic carbocycles.